The number of fused-ring (bicyclic) bond motifs is 9. The Hall–Kier alpha value is -3.32. The van der Waals surface area contributed by atoms with E-state index in [-0.39, 0.29) is 5.41 Å². The molecule has 6 rings (SSSR count). The van der Waals surface area contributed by atoms with E-state index in [4.69, 9.17) is 4.74 Å². The van der Waals surface area contributed by atoms with Gasteiger partial charge in [-0.05, 0) is 57.3 Å². The van der Waals surface area contributed by atoms with Gasteiger partial charge in [0.15, 0.2) is 0 Å². The van der Waals surface area contributed by atoms with Crippen molar-refractivity contribution in [3.05, 3.63) is 118 Å². The van der Waals surface area contributed by atoms with Gasteiger partial charge in [0.05, 0.1) is 5.41 Å². The predicted molar refractivity (Wildman–Crippen MR) is 132 cm³/mol. The lowest BCUT2D eigenvalue weighted by Gasteiger charge is -2.40. The molecule has 4 aromatic carbocycles. The third kappa shape index (κ3) is 2.45. The summed E-state index contributed by atoms with van der Waals surface area (Å²) < 4.78 is 6.68. The predicted octanol–water partition coefficient (Wildman–Crippen LogP) is 8.40. The maximum absolute atomic E-state index is 6.68. The minimum Gasteiger partial charge on any atom is -0.457 e. The van der Waals surface area contributed by atoms with Gasteiger partial charge in [-0.3, -0.25) is 0 Å². The highest BCUT2D eigenvalue weighted by Gasteiger charge is 2.51. The molecule has 1 aliphatic carbocycles. The fourth-order valence-corrected chi connectivity index (χ4v) is 5.66. The molecule has 0 radical (unpaired) electrons. The molecular formula is C31H28O. The van der Waals surface area contributed by atoms with E-state index >= 15 is 0 Å². The van der Waals surface area contributed by atoms with E-state index in [0.29, 0.717) is 11.8 Å². The van der Waals surface area contributed by atoms with Crippen molar-refractivity contribution in [2.24, 2.45) is 0 Å². The van der Waals surface area contributed by atoms with E-state index in [9.17, 15) is 0 Å². The Morgan fingerprint density at radius 2 is 0.969 bits per heavy atom. The molecule has 1 nitrogen and oxygen atoms in total. The van der Waals surface area contributed by atoms with Gasteiger partial charge in [0.25, 0.3) is 0 Å². The molecule has 1 aliphatic heterocycles. The minimum atomic E-state index is -0.360. The monoisotopic (exact) mass is 416 g/mol. The van der Waals surface area contributed by atoms with Crippen molar-refractivity contribution in [3.8, 4) is 22.6 Å². The SMILES string of the molecule is CC(C)c1ccc2c(c1)Oc1cc(C(C)C)ccc1C21c2ccccc2-c2ccccc21. The summed E-state index contributed by atoms with van der Waals surface area (Å²) in [6.45, 7) is 8.97. The standard InChI is InChI=1S/C31H28O/c1-19(2)21-13-15-27-29(17-21)32-30-18-22(20(3)4)14-16-28(30)31(27)25-11-7-5-9-23(25)24-10-6-8-12-26(24)31/h5-20H,1-4H3. The van der Waals surface area contributed by atoms with Crippen LogP contribution in [0.2, 0.25) is 0 Å². The first-order valence-electron chi connectivity index (χ1n) is 11.7. The van der Waals surface area contributed by atoms with Crippen molar-refractivity contribution in [1.29, 1.82) is 0 Å². The number of ether oxygens (including phenoxy) is 1. The van der Waals surface area contributed by atoms with Crippen LogP contribution in [-0.2, 0) is 5.41 Å². The first-order valence-corrected chi connectivity index (χ1v) is 11.7. The van der Waals surface area contributed by atoms with Gasteiger partial charge >= 0.3 is 0 Å². The van der Waals surface area contributed by atoms with Gasteiger partial charge in [0.1, 0.15) is 11.5 Å². The minimum absolute atomic E-state index is 0.360. The van der Waals surface area contributed by atoms with Crippen molar-refractivity contribution < 1.29 is 4.74 Å². The van der Waals surface area contributed by atoms with E-state index in [1.54, 1.807) is 0 Å². The molecule has 158 valence electrons. The van der Waals surface area contributed by atoms with Crippen LogP contribution in [0.5, 0.6) is 11.5 Å². The molecule has 1 heteroatoms. The highest BCUT2D eigenvalue weighted by atomic mass is 16.5. The summed E-state index contributed by atoms with van der Waals surface area (Å²) in [7, 11) is 0. The van der Waals surface area contributed by atoms with Crippen LogP contribution < -0.4 is 4.74 Å². The van der Waals surface area contributed by atoms with Gasteiger partial charge in [0.2, 0.25) is 0 Å². The first-order chi connectivity index (χ1) is 15.5. The van der Waals surface area contributed by atoms with Crippen LogP contribution in [0.3, 0.4) is 0 Å². The Bertz CT molecular complexity index is 1250. The highest BCUT2D eigenvalue weighted by molar-refractivity contribution is 5.88. The van der Waals surface area contributed by atoms with Crippen LogP contribution in [0.25, 0.3) is 11.1 Å². The average molecular weight is 417 g/mol. The number of hydrogen-bond donors (Lipinski definition) is 0. The van der Waals surface area contributed by atoms with E-state index in [1.807, 2.05) is 0 Å². The molecule has 32 heavy (non-hydrogen) atoms. The number of hydrogen-bond acceptors (Lipinski definition) is 1. The lowest BCUT2D eigenvalue weighted by Crippen LogP contribution is -2.32. The maximum atomic E-state index is 6.68. The quantitative estimate of drug-likeness (QED) is 0.275. The molecule has 0 atom stereocenters. The normalized spacial score (nSPS) is 14.7. The van der Waals surface area contributed by atoms with Crippen LogP contribution in [0.4, 0.5) is 0 Å². The lowest BCUT2D eigenvalue weighted by atomic mass is 9.65. The summed E-state index contributed by atoms with van der Waals surface area (Å²) in [6.07, 6.45) is 0. The van der Waals surface area contributed by atoms with Crippen molar-refractivity contribution in [3.63, 3.8) is 0 Å². The molecule has 0 fully saturated rings. The van der Waals surface area contributed by atoms with Crippen molar-refractivity contribution in [2.75, 3.05) is 0 Å². The molecule has 0 unspecified atom stereocenters. The van der Waals surface area contributed by atoms with Gasteiger partial charge in [-0.15, -0.1) is 0 Å². The molecule has 0 bridgehead atoms. The summed E-state index contributed by atoms with van der Waals surface area (Å²) in [5, 5.41) is 0. The second kappa shape index (κ2) is 6.84. The average Bonchev–Trinajstić information content (AvgIpc) is 3.10. The Labute approximate surface area is 190 Å². The molecule has 2 aliphatic rings. The molecule has 4 aromatic rings. The summed E-state index contributed by atoms with van der Waals surface area (Å²) in [5.74, 6) is 2.87. The van der Waals surface area contributed by atoms with Crippen molar-refractivity contribution in [1.82, 2.24) is 0 Å². The van der Waals surface area contributed by atoms with Gasteiger partial charge < -0.3 is 4.74 Å². The van der Waals surface area contributed by atoms with Gasteiger partial charge in [0, 0.05) is 11.1 Å². The molecule has 0 saturated carbocycles. The van der Waals surface area contributed by atoms with E-state index in [2.05, 4.69) is 113 Å². The summed E-state index contributed by atoms with van der Waals surface area (Å²) in [5.41, 5.74) is 10.1. The zero-order valence-electron chi connectivity index (χ0n) is 19.1. The lowest BCUT2D eigenvalue weighted by molar-refractivity contribution is 0.434. The fraction of sp³-hybridized carbons (Fsp3) is 0.226. The van der Waals surface area contributed by atoms with Gasteiger partial charge in [-0.1, -0.05) is 100 Å². The fourth-order valence-electron chi connectivity index (χ4n) is 5.66. The smallest absolute Gasteiger partial charge is 0.132 e. The third-order valence-corrected chi connectivity index (χ3v) is 7.32. The zero-order valence-corrected chi connectivity index (χ0v) is 19.1. The van der Waals surface area contributed by atoms with Crippen LogP contribution in [0.15, 0.2) is 84.9 Å². The molecule has 0 aromatic heterocycles. The largest absolute Gasteiger partial charge is 0.457 e. The Balaban J connectivity index is 1.76. The second-order valence-corrected chi connectivity index (χ2v) is 9.76. The van der Waals surface area contributed by atoms with Gasteiger partial charge in [-0.25, -0.2) is 0 Å². The Morgan fingerprint density at radius 3 is 1.41 bits per heavy atom. The van der Waals surface area contributed by atoms with Crippen molar-refractivity contribution >= 4 is 0 Å². The summed E-state index contributed by atoms with van der Waals surface area (Å²) >= 11 is 0. The highest BCUT2D eigenvalue weighted by Crippen LogP contribution is 2.62. The third-order valence-electron chi connectivity index (χ3n) is 7.32. The first kappa shape index (κ1) is 19.4. The van der Waals surface area contributed by atoms with Crippen LogP contribution in [0.1, 0.15) is 72.9 Å². The molecule has 1 spiro atoms. The maximum Gasteiger partial charge on any atom is 0.132 e. The Kier molecular flexibility index (Phi) is 4.14. The molecule has 0 N–H and O–H groups in total. The van der Waals surface area contributed by atoms with Crippen LogP contribution in [0, 0.1) is 0 Å². The van der Waals surface area contributed by atoms with E-state index in [0.717, 1.165) is 11.5 Å². The van der Waals surface area contributed by atoms with E-state index in [1.165, 1.54) is 44.5 Å². The molecule has 0 amide bonds. The number of benzene rings is 4. The summed E-state index contributed by atoms with van der Waals surface area (Å²) in [4.78, 5) is 0. The molecule has 1 heterocycles. The molecule has 0 saturated heterocycles. The van der Waals surface area contributed by atoms with Gasteiger partial charge in [-0.2, -0.15) is 0 Å². The molecular weight excluding hydrogens is 388 g/mol. The topological polar surface area (TPSA) is 9.23 Å². The Morgan fingerprint density at radius 1 is 0.531 bits per heavy atom. The van der Waals surface area contributed by atoms with Crippen LogP contribution in [-0.4, -0.2) is 0 Å². The van der Waals surface area contributed by atoms with E-state index < -0.39 is 0 Å². The second-order valence-electron chi connectivity index (χ2n) is 9.76. The number of rotatable bonds is 2. The van der Waals surface area contributed by atoms with Crippen LogP contribution >= 0.6 is 0 Å². The summed E-state index contributed by atoms with van der Waals surface area (Å²) in [6, 6.07) is 31.5. The zero-order chi connectivity index (χ0) is 22.0. The van der Waals surface area contributed by atoms with Crippen molar-refractivity contribution in [2.45, 2.75) is 44.9 Å².